The first kappa shape index (κ1) is 18.1. The molecule has 0 radical (unpaired) electrons. The zero-order valence-electron chi connectivity index (χ0n) is 16.1. The highest BCUT2D eigenvalue weighted by Crippen LogP contribution is 2.42. The molecule has 0 aliphatic carbocycles. The molecular weight excluding hydrogens is 342 g/mol. The standard InChI is InChI=1S/C22H27NO4/c1-24-19-7-3-5-17(15-19)9-12-23-13-10-22(11-14-23)26-16-18-6-4-8-20(25-2)21(18)27-22/h3-8,15H,9-14,16H2,1-2H3. The Kier molecular flexibility index (Phi) is 5.23. The van der Waals surface area contributed by atoms with Crippen LogP contribution in [0.25, 0.3) is 0 Å². The smallest absolute Gasteiger partial charge is 0.213 e. The van der Waals surface area contributed by atoms with E-state index in [1.54, 1.807) is 14.2 Å². The summed E-state index contributed by atoms with van der Waals surface area (Å²) in [6, 6.07) is 14.3. The number of piperidine rings is 1. The van der Waals surface area contributed by atoms with Crippen LogP contribution in [-0.2, 0) is 17.8 Å². The molecule has 2 aromatic carbocycles. The molecule has 1 saturated heterocycles. The fraction of sp³-hybridized carbons (Fsp3) is 0.455. The van der Waals surface area contributed by atoms with Crippen LogP contribution in [0.5, 0.6) is 17.2 Å². The Balaban J connectivity index is 1.35. The number of likely N-dealkylation sites (tertiary alicyclic amines) is 1. The maximum absolute atomic E-state index is 6.33. The van der Waals surface area contributed by atoms with Crippen molar-refractivity contribution in [3.8, 4) is 17.2 Å². The molecular formula is C22H27NO4. The van der Waals surface area contributed by atoms with Crippen molar-refractivity contribution in [3.05, 3.63) is 53.6 Å². The number of nitrogens with zero attached hydrogens (tertiary/aromatic N) is 1. The second-order valence-corrected chi connectivity index (χ2v) is 7.19. The Bertz CT molecular complexity index is 769. The highest BCUT2D eigenvalue weighted by molar-refractivity contribution is 5.47. The van der Waals surface area contributed by atoms with Crippen LogP contribution in [-0.4, -0.2) is 44.5 Å². The second kappa shape index (κ2) is 7.79. The summed E-state index contributed by atoms with van der Waals surface area (Å²) < 4.78 is 23.3. The van der Waals surface area contributed by atoms with Crippen LogP contribution in [0, 0.1) is 0 Å². The molecule has 0 saturated carbocycles. The van der Waals surface area contributed by atoms with Gasteiger partial charge in [0.2, 0.25) is 5.79 Å². The topological polar surface area (TPSA) is 40.2 Å². The molecule has 2 aromatic rings. The van der Waals surface area contributed by atoms with Gasteiger partial charge >= 0.3 is 0 Å². The van der Waals surface area contributed by atoms with Crippen LogP contribution in [0.15, 0.2) is 42.5 Å². The third-order valence-electron chi connectivity index (χ3n) is 5.53. The minimum absolute atomic E-state index is 0.520. The predicted molar refractivity (Wildman–Crippen MR) is 104 cm³/mol. The zero-order valence-corrected chi connectivity index (χ0v) is 16.1. The summed E-state index contributed by atoms with van der Waals surface area (Å²) in [7, 11) is 3.39. The number of rotatable bonds is 5. The molecule has 1 fully saturated rings. The van der Waals surface area contributed by atoms with Gasteiger partial charge < -0.3 is 23.8 Å². The summed E-state index contributed by atoms with van der Waals surface area (Å²) >= 11 is 0. The molecule has 5 nitrogen and oxygen atoms in total. The van der Waals surface area contributed by atoms with Crippen LogP contribution >= 0.6 is 0 Å². The predicted octanol–water partition coefficient (Wildman–Crippen LogP) is 3.65. The summed E-state index contributed by atoms with van der Waals surface area (Å²) in [6.45, 7) is 3.54. The van der Waals surface area contributed by atoms with Crippen LogP contribution < -0.4 is 14.2 Å². The van der Waals surface area contributed by atoms with E-state index < -0.39 is 5.79 Å². The number of fused-ring (bicyclic) bond motifs is 1. The van der Waals surface area contributed by atoms with E-state index in [9.17, 15) is 0 Å². The number of benzene rings is 2. The number of ether oxygens (including phenoxy) is 4. The van der Waals surface area contributed by atoms with Crippen molar-refractivity contribution in [2.24, 2.45) is 0 Å². The van der Waals surface area contributed by atoms with Gasteiger partial charge in [0.25, 0.3) is 0 Å². The van der Waals surface area contributed by atoms with E-state index >= 15 is 0 Å². The molecule has 4 rings (SSSR count). The van der Waals surface area contributed by atoms with Gasteiger partial charge in [0.15, 0.2) is 11.5 Å². The van der Waals surface area contributed by atoms with Gasteiger partial charge in [-0.15, -0.1) is 0 Å². The Hall–Kier alpha value is -2.24. The molecule has 144 valence electrons. The zero-order chi connectivity index (χ0) is 18.7. The Labute approximate surface area is 160 Å². The van der Waals surface area contributed by atoms with E-state index in [-0.39, 0.29) is 0 Å². The first-order valence-corrected chi connectivity index (χ1v) is 9.55. The Morgan fingerprint density at radius 1 is 1.04 bits per heavy atom. The molecule has 27 heavy (non-hydrogen) atoms. The molecule has 5 heteroatoms. The molecule has 0 amide bonds. The number of hydrogen-bond acceptors (Lipinski definition) is 5. The lowest BCUT2D eigenvalue weighted by atomic mass is 10.0. The van der Waals surface area contributed by atoms with Crippen molar-refractivity contribution in [2.75, 3.05) is 33.9 Å². The molecule has 1 spiro atoms. The summed E-state index contributed by atoms with van der Waals surface area (Å²) in [6.07, 6.45) is 2.74. The van der Waals surface area contributed by atoms with Crippen molar-refractivity contribution in [2.45, 2.75) is 31.7 Å². The summed E-state index contributed by atoms with van der Waals surface area (Å²) in [5.41, 5.74) is 2.36. The fourth-order valence-electron chi connectivity index (χ4n) is 3.86. The lowest BCUT2D eigenvalue weighted by molar-refractivity contribution is -0.228. The first-order chi connectivity index (χ1) is 13.2. The van der Waals surface area contributed by atoms with Crippen molar-refractivity contribution in [1.29, 1.82) is 0 Å². The molecule has 2 aliphatic heterocycles. The average molecular weight is 369 g/mol. The summed E-state index contributed by atoms with van der Waals surface area (Å²) in [4.78, 5) is 2.48. The molecule has 0 aromatic heterocycles. The molecule has 0 atom stereocenters. The van der Waals surface area contributed by atoms with Gasteiger partial charge in [-0.2, -0.15) is 0 Å². The minimum atomic E-state index is -0.520. The fourth-order valence-corrected chi connectivity index (χ4v) is 3.86. The highest BCUT2D eigenvalue weighted by atomic mass is 16.7. The normalized spacial score (nSPS) is 18.6. The van der Waals surface area contributed by atoms with Gasteiger partial charge in [-0.25, -0.2) is 0 Å². The van der Waals surface area contributed by atoms with Crippen molar-refractivity contribution < 1.29 is 18.9 Å². The van der Waals surface area contributed by atoms with E-state index in [0.717, 1.165) is 61.7 Å². The van der Waals surface area contributed by atoms with Gasteiger partial charge in [-0.05, 0) is 30.2 Å². The SMILES string of the molecule is COc1cccc(CCN2CCC3(CC2)OCc2cccc(OC)c2O3)c1. The van der Waals surface area contributed by atoms with E-state index in [1.165, 1.54) is 5.56 Å². The van der Waals surface area contributed by atoms with Gasteiger partial charge in [0.1, 0.15) is 5.75 Å². The molecule has 0 N–H and O–H groups in total. The Morgan fingerprint density at radius 3 is 2.63 bits per heavy atom. The van der Waals surface area contributed by atoms with Crippen LogP contribution in [0.2, 0.25) is 0 Å². The van der Waals surface area contributed by atoms with E-state index in [1.807, 2.05) is 30.3 Å². The largest absolute Gasteiger partial charge is 0.497 e. The van der Waals surface area contributed by atoms with E-state index in [4.69, 9.17) is 18.9 Å². The van der Waals surface area contributed by atoms with Crippen molar-refractivity contribution >= 4 is 0 Å². The maximum atomic E-state index is 6.33. The molecule has 2 aliphatic rings. The van der Waals surface area contributed by atoms with Crippen LogP contribution in [0.1, 0.15) is 24.0 Å². The van der Waals surface area contributed by atoms with E-state index in [2.05, 4.69) is 17.0 Å². The third kappa shape index (κ3) is 3.89. The van der Waals surface area contributed by atoms with Crippen molar-refractivity contribution in [1.82, 2.24) is 4.90 Å². The minimum Gasteiger partial charge on any atom is -0.497 e. The molecule has 0 bridgehead atoms. The highest BCUT2D eigenvalue weighted by Gasteiger charge is 2.41. The van der Waals surface area contributed by atoms with Gasteiger partial charge in [0, 0.05) is 38.0 Å². The number of para-hydroxylation sites is 1. The van der Waals surface area contributed by atoms with E-state index in [0.29, 0.717) is 6.61 Å². The molecule has 0 unspecified atom stereocenters. The molecule has 2 heterocycles. The van der Waals surface area contributed by atoms with Gasteiger partial charge in [0.05, 0.1) is 20.8 Å². The first-order valence-electron chi connectivity index (χ1n) is 9.55. The van der Waals surface area contributed by atoms with Crippen molar-refractivity contribution in [3.63, 3.8) is 0 Å². The maximum Gasteiger partial charge on any atom is 0.213 e. The number of methoxy groups -OCH3 is 2. The second-order valence-electron chi connectivity index (χ2n) is 7.19. The lowest BCUT2D eigenvalue weighted by Gasteiger charge is -2.44. The lowest BCUT2D eigenvalue weighted by Crippen LogP contribution is -2.51. The number of hydrogen-bond donors (Lipinski definition) is 0. The Morgan fingerprint density at radius 2 is 1.85 bits per heavy atom. The monoisotopic (exact) mass is 369 g/mol. The third-order valence-corrected chi connectivity index (χ3v) is 5.53. The van der Waals surface area contributed by atoms with Crippen LogP contribution in [0.3, 0.4) is 0 Å². The average Bonchev–Trinajstić information content (AvgIpc) is 2.73. The van der Waals surface area contributed by atoms with Crippen LogP contribution in [0.4, 0.5) is 0 Å². The van der Waals surface area contributed by atoms with Gasteiger partial charge in [-0.1, -0.05) is 24.3 Å². The van der Waals surface area contributed by atoms with Gasteiger partial charge in [-0.3, -0.25) is 0 Å². The quantitative estimate of drug-likeness (QED) is 0.805. The summed E-state index contributed by atoms with van der Waals surface area (Å²) in [5.74, 6) is 2.03. The summed E-state index contributed by atoms with van der Waals surface area (Å²) in [5, 5.41) is 0.